The van der Waals surface area contributed by atoms with Crippen molar-refractivity contribution < 1.29 is 14.4 Å². The Kier molecular flexibility index (Phi) is 6.48. The molecule has 0 aliphatic carbocycles. The lowest BCUT2D eigenvalue weighted by Crippen LogP contribution is -2.49. The Hall–Kier alpha value is -1.59. The molecule has 0 aliphatic heterocycles. The summed E-state index contributed by atoms with van der Waals surface area (Å²) in [6, 6.07) is 5.80. The summed E-state index contributed by atoms with van der Waals surface area (Å²) in [5.41, 5.74) is 2.75. The molecule has 0 saturated carbocycles. The van der Waals surface area contributed by atoms with Gasteiger partial charge in [-0.05, 0) is 37.1 Å². The van der Waals surface area contributed by atoms with Crippen LogP contribution in [-0.4, -0.2) is 24.5 Å². The van der Waals surface area contributed by atoms with Crippen LogP contribution in [0.1, 0.15) is 31.1 Å². The highest BCUT2D eigenvalue weighted by molar-refractivity contribution is 6.30. The molecule has 0 aliphatic rings. The molecule has 0 spiro atoms. The lowest BCUT2D eigenvalue weighted by atomic mass is 10.0. The van der Waals surface area contributed by atoms with Crippen molar-refractivity contribution in [3.63, 3.8) is 0 Å². The van der Waals surface area contributed by atoms with Crippen molar-refractivity contribution in [1.82, 2.24) is 10.8 Å². The van der Waals surface area contributed by atoms with Gasteiger partial charge in [0.25, 0.3) is 11.8 Å². The van der Waals surface area contributed by atoms with Crippen molar-refractivity contribution in [2.45, 2.75) is 26.8 Å². The third-order valence-corrected chi connectivity index (χ3v) is 2.91. The Bertz CT molecular complexity index is 460. The lowest BCUT2D eigenvalue weighted by Gasteiger charge is -2.21. The SMILES string of the molecule is CCONC(=O)[C@@H](NC(=O)c1ccc(Cl)cc1)C(C)C. The molecule has 5 nitrogen and oxygen atoms in total. The van der Waals surface area contributed by atoms with E-state index >= 15 is 0 Å². The Morgan fingerprint density at radius 3 is 2.35 bits per heavy atom. The molecule has 1 rings (SSSR count). The van der Waals surface area contributed by atoms with Gasteiger partial charge in [-0.3, -0.25) is 14.4 Å². The first-order chi connectivity index (χ1) is 9.45. The molecule has 20 heavy (non-hydrogen) atoms. The van der Waals surface area contributed by atoms with Crippen molar-refractivity contribution in [2.24, 2.45) is 5.92 Å². The van der Waals surface area contributed by atoms with Crippen LogP contribution in [0.5, 0.6) is 0 Å². The van der Waals surface area contributed by atoms with E-state index in [1.807, 2.05) is 13.8 Å². The van der Waals surface area contributed by atoms with Gasteiger partial charge in [0.1, 0.15) is 6.04 Å². The van der Waals surface area contributed by atoms with E-state index in [0.717, 1.165) is 0 Å². The predicted molar refractivity (Wildman–Crippen MR) is 77.3 cm³/mol. The molecule has 110 valence electrons. The van der Waals surface area contributed by atoms with Crippen LogP contribution in [0.4, 0.5) is 0 Å². The second-order valence-electron chi connectivity index (χ2n) is 4.60. The van der Waals surface area contributed by atoms with Crippen LogP contribution in [0, 0.1) is 5.92 Å². The van der Waals surface area contributed by atoms with Gasteiger partial charge in [0.2, 0.25) is 0 Å². The van der Waals surface area contributed by atoms with E-state index in [2.05, 4.69) is 10.8 Å². The number of nitrogens with one attached hydrogen (secondary N) is 2. The molecular weight excluding hydrogens is 280 g/mol. The molecule has 0 fully saturated rings. The molecule has 0 saturated heterocycles. The average Bonchev–Trinajstić information content (AvgIpc) is 2.42. The van der Waals surface area contributed by atoms with Crippen LogP contribution < -0.4 is 10.8 Å². The standard InChI is InChI=1S/C14H19ClN2O3/c1-4-20-17-14(19)12(9(2)3)16-13(18)10-5-7-11(15)8-6-10/h5-9,12H,4H2,1-3H3,(H,16,18)(H,17,19)/t12-/m0/s1. The van der Waals surface area contributed by atoms with Gasteiger partial charge in [-0.1, -0.05) is 25.4 Å². The van der Waals surface area contributed by atoms with Crippen molar-refractivity contribution in [2.75, 3.05) is 6.61 Å². The topological polar surface area (TPSA) is 67.4 Å². The summed E-state index contributed by atoms with van der Waals surface area (Å²) in [7, 11) is 0. The van der Waals surface area contributed by atoms with Crippen LogP contribution in [0.15, 0.2) is 24.3 Å². The van der Waals surface area contributed by atoms with E-state index in [0.29, 0.717) is 17.2 Å². The second kappa shape index (κ2) is 7.87. The minimum Gasteiger partial charge on any atom is -0.340 e. The summed E-state index contributed by atoms with van der Waals surface area (Å²) in [6.45, 7) is 5.81. The van der Waals surface area contributed by atoms with Crippen LogP contribution in [0.25, 0.3) is 0 Å². The van der Waals surface area contributed by atoms with Gasteiger partial charge in [0, 0.05) is 10.6 Å². The third-order valence-electron chi connectivity index (χ3n) is 2.66. The fourth-order valence-electron chi connectivity index (χ4n) is 1.57. The van der Waals surface area contributed by atoms with Gasteiger partial charge in [-0.25, -0.2) is 5.48 Å². The van der Waals surface area contributed by atoms with Gasteiger partial charge in [0.15, 0.2) is 0 Å². The van der Waals surface area contributed by atoms with Crippen LogP contribution >= 0.6 is 11.6 Å². The summed E-state index contributed by atoms with van der Waals surface area (Å²) >= 11 is 5.77. The first-order valence-corrected chi connectivity index (χ1v) is 6.81. The number of hydrogen-bond donors (Lipinski definition) is 2. The van der Waals surface area contributed by atoms with Crippen molar-refractivity contribution in [1.29, 1.82) is 0 Å². The van der Waals surface area contributed by atoms with Crippen molar-refractivity contribution >= 4 is 23.4 Å². The molecule has 1 atom stereocenters. The summed E-state index contributed by atoms with van der Waals surface area (Å²) in [6.07, 6.45) is 0. The summed E-state index contributed by atoms with van der Waals surface area (Å²) < 4.78 is 0. The lowest BCUT2D eigenvalue weighted by molar-refractivity contribution is -0.136. The van der Waals surface area contributed by atoms with Crippen LogP contribution in [0.3, 0.4) is 0 Å². The number of amides is 2. The van der Waals surface area contributed by atoms with Gasteiger partial charge in [-0.15, -0.1) is 0 Å². The largest absolute Gasteiger partial charge is 0.340 e. The maximum absolute atomic E-state index is 12.1. The molecular formula is C14H19ClN2O3. The number of carbonyl (C=O) groups is 2. The molecule has 6 heteroatoms. The fourth-order valence-corrected chi connectivity index (χ4v) is 1.69. The molecule has 0 heterocycles. The first kappa shape index (κ1) is 16.5. The Morgan fingerprint density at radius 2 is 1.85 bits per heavy atom. The van der Waals surface area contributed by atoms with E-state index in [9.17, 15) is 9.59 Å². The molecule has 2 amide bonds. The average molecular weight is 299 g/mol. The number of benzene rings is 1. The number of hydrogen-bond acceptors (Lipinski definition) is 3. The van der Waals surface area contributed by atoms with E-state index < -0.39 is 6.04 Å². The molecule has 1 aromatic rings. The monoisotopic (exact) mass is 298 g/mol. The quantitative estimate of drug-likeness (QED) is 0.791. The maximum atomic E-state index is 12.1. The second-order valence-corrected chi connectivity index (χ2v) is 5.04. The van der Waals surface area contributed by atoms with Crippen molar-refractivity contribution in [3.05, 3.63) is 34.9 Å². The number of rotatable bonds is 6. The predicted octanol–water partition coefficient (Wildman–Crippen LogP) is 2.16. The smallest absolute Gasteiger partial charge is 0.266 e. The van der Waals surface area contributed by atoms with E-state index in [4.69, 9.17) is 16.4 Å². The zero-order valence-corrected chi connectivity index (χ0v) is 12.5. The minimum absolute atomic E-state index is 0.0632. The highest BCUT2D eigenvalue weighted by atomic mass is 35.5. The number of hydroxylamine groups is 1. The Labute approximate surface area is 123 Å². The highest BCUT2D eigenvalue weighted by Gasteiger charge is 2.24. The van der Waals surface area contributed by atoms with E-state index in [1.54, 1.807) is 31.2 Å². The summed E-state index contributed by atoms with van der Waals surface area (Å²) in [5.74, 6) is -0.761. The molecule has 1 aromatic carbocycles. The van der Waals surface area contributed by atoms with Crippen LogP contribution in [-0.2, 0) is 9.63 Å². The number of carbonyl (C=O) groups excluding carboxylic acids is 2. The van der Waals surface area contributed by atoms with Gasteiger partial charge in [-0.2, -0.15) is 0 Å². The molecule has 0 aromatic heterocycles. The van der Waals surface area contributed by atoms with E-state index in [1.165, 1.54) is 0 Å². The summed E-state index contributed by atoms with van der Waals surface area (Å²) in [5, 5.41) is 3.24. The molecule has 0 bridgehead atoms. The van der Waals surface area contributed by atoms with Gasteiger partial charge < -0.3 is 5.32 Å². The Morgan fingerprint density at radius 1 is 1.25 bits per heavy atom. The van der Waals surface area contributed by atoms with Crippen molar-refractivity contribution in [3.8, 4) is 0 Å². The van der Waals surface area contributed by atoms with Gasteiger partial charge in [0.05, 0.1) is 6.61 Å². The molecule has 0 unspecified atom stereocenters. The van der Waals surface area contributed by atoms with Crippen LogP contribution in [0.2, 0.25) is 5.02 Å². The zero-order chi connectivity index (χ0) is 15.1. The minimum atomic E-state index is -0.662. The molecule has 0 radical (unpaired) electrons. The highest BCUT2D eigenvalue weighted by Crippen LogP contribution is 2.10. The normalized spacial score (nSPS) is 12.1. The van der Waals surface area contributed by atoms with E-state index in [-0.39, 0.29) is 17.7 Å². The molecule has 2 N–H and O–H groups in total. The maximum Gasteiger partial charge on any atom is 0.266 e. The number of halogens is 1. The zero-order valence-electron chi connectivity index (χ0n) is 11.8. The van der Waals surface area contributed by atoms with Gasteiger partial charge >= 0.3 is 0 Å². The first-order valence-electron chi connectivity index (χ1n) is 6.43. The fraction of sp³-hybridized carbons (Fsp3) is 0.429. The Balaban J connectivity index is 2.72. The summed E-state index contributed by atoms with van der Waals surface area (Å²) in [4.78, 5) is 28.8. The third kappa shape index (κ3) is 4.83.